The summed E-state index contributed by atoms with van der Waals surface area (Å²) in [6, 6.07) is 4.61. The fraction of sp³-hybridized carbons (Fsp3) is 0.550. The number of thiazole rings is 1. The summed E-state index contributed by atoms with van der Waals surface area (Å²) < 4.78 is 33.9. The van der Waals surface area contributed by atoms with Gasteiger partial charge in [0.2, 0.25) is 0 Å². The number of amides is 1. The average molecular weight is 456 g/mol. The smallest absolute Gasteiger partial charge is 0.475 e. The number of hydrogen-bond donors (Lipinski definition) is 1. The van der Waals surface area contributed by atoms with Gasteiger partial charge in [-0.15, -0.1) is 11.3 Å². The molecule has 1 saturated carbocycles. The Labute approximate surface area is 181 Å². The third-order valence-electron chi connectivity index (χ3n) is 5.81. The molecule has 7 nitrogen and oxygen atoms in total. The van der Waals surface area contributed by atoms with E-state index in [1.807, 2.05) is 19.1 Å². The number of halogens is 3. The highest BCUT2D eigenvalue weighted by Gasteiger charge is 2.45. The Morgan fingerprint density at radius 1 is 1.29 bits per heavy atom. The molecule has 168 valence electrons. The van der Waals surface area contributed by atoms with Crippen molar-refractivity contribution in [2.24, 2.45) is 5.92 Å². The van der Waals surface area contributed by atoms with Gasteiger partial charge in [0.05, 0.1) is 29.3 Å². The van der Waals surface area contributed by atoms with Gasteiger partial charge < -0.3 is 14.6 Å². The van der Waals surface area contributed by atoms with E-state index in [0.29, 0.717) is 12.6 Å². The van der Waals surface area contributed by atoms with Crippen LogP contribution in [0.2, 0.25) is 0 Å². The largest absolute Gasteiger partial charge is 0.490 e. The van der Waals surface area contributed by atoms with Gasteiger partial charge in [0, 0.05) is 31.2 Å². The molecule has 0 bridgehead atoms. The van der Waals surface area contributed by atoms with Gasteiger partial charge in [-0.25, -0.2) is 9.78 Å². The van der Waals surface area contributed by atoms with Gasteiger partial charge >= 0.3 is 12.1 Å². The molecular weight excluding hydrogens is 433 g/mol. The van der Waals surface area contributed by atoms with E-state index in [2.05, 4.69) is 30.9 Å². The molecule has 1 aliphatic carbocycles. The van der Waals surface area contributed by atoms with Crippen molar-refractivity contribution in [1.29, 1.82) is 0 Å². The molecular formula is C20H23F3N4O3S. The number of nitrogens with zero attached hydrogens (tertiary/aromatic N) is 4. The van der Waals surface area contributed by atoms with Gasteiger partial charge in [-0.1, -0.05) is 0 Å². The van der Waals surface area contributed by atoms with Crippen molar-refractivity contribution in [2.75, 3.05) is 19.6 Å². The normalized spacial score (nSPS) is 23.2. The van der Waals surface area contributed by atoms with Crippen LogP contribution in [0.5, 0.6) is 0 Å². The third kappa shape index (κ3) is 4.77. The van der Waals surface area contributed by atoms with E-state index in [1.54, 1.807) is 11.3 Å². The maximum Gasteiger partial charge on any atom is 0.490 e. The molecule has 5 rings (SSSR count). The third-order valence-corrected chi connectivity index (χ3v) is 6.63. The summed E-state index contributed by atoms with van der Waals surface area (Å²) in [7, 11) is 0. The molecule has 1 N–H and O–H groups in total. The van der Waals surface area contributed by atoms with Crippen molar-refractivity contribution in [1.82, 2.24) is 19.4 Å². The van der Waals surface area contributed by atoms with Crippen molar-refractivity contribution in [2.45, 2.75) is 44.6 Å². The zero-order valence-corrected chi connectivity index (χ0v) is 17.7. The summed E-state index contributed by atoms with van der Waals surface area (Å²) in [4.78, 5) is 31.1. The zero-order chi connectivity index (χ0) is 22.3. The summed E-state index contributed by atoms with van der Waals surface area (Å²) >= 11 is 1.66. The van der Waals surface area contributed by atoms with Crippen molar-refractivity contribution >= 4 is 23.2 Å². The monoisotopic (exact) mass is 456 g/mol. The van der Waals surface area contributed by atoms with Crippen molar-refractivity contribution in [3.8, 4) is 0 Å². The molecule has 3 aliphatic rings. The number of carbonyl (C=O) groups is 2. The number of hydrogen-bond acceptors (Lipinski definition) is 5. The van der Waals surface area contributed by atoms with Crippen LogP contribution in [0, 0.1) is 12.8 Å². The van der Waals surface area contributed by atoms with Crippen LogP contribution in [-0.2, 0) is 11.3 Å². The average Bonchev–Trinajstić information content (AvgIpc) is 3.07. The molecule has 1 saturated heterocycles. The quantitative estimate of drug-likeness (QED) is 0.765. The fourth-order valence-electron chi connectivity index (χ4n) is 4.25. The number of aromatic nitrogens is 2. The van der Waals surface area contributed by atoms with Crippen LogP contribution in [0.1, 0.15) is 40.1 Å². The summed E-state index contributed by atoms with van der Waals surface area (Å²) in [5.74, 6) is -1.72. The molecule has 11 heteroatoms. The molecule has 0 aromatic carbocycles. The Bertz CT molecular complexity index is 969. The second kappa shape index (κ2) is 8.27. The minimum absolute atomic E-state index is 0.153. The lowest BCUT2D eigenvalue weighted by Gasteiger charge is -2.38. The van der Waals surface area contributed by atoms with E-state index in [0.717, 1.165) is 35.4 Å². The minimum atomic E-state index is -5.08. The van der Waals surface area contributed by atoms with Crippen molar-refractivity contribution < 1.29 is 27.9 Å². The first kappa shape index (κ1) is 21.8. The Morgan fingerprint density at radius 3 is 2.55 bits per heavy atom. The molecule has 1 amide bonds. The van der Waals surface area contributed by atoms with Gasteiger partial charge in [0.15, 0.2) is 0 Å². The van der Waals surface area contributed by atoms with Gasteiger partial charge in [-0.3, -0.25) is 9.69 Å². The van der Waals surface area contributed by atoms with Crippen LogP contribution < -0.4 is 0 Å². The SMILES string of the molecule is Cc1nc(CN2C(=O)c3cccn3[C@H]3CN(CC4CC4)C[C@H]32)cs1.O=C(O)C(F)(F)F. The predicted octanol–water partition coefficient (Wildman–Crippen LogP) is 3.18. The van der Waals surface area contributed by atoms with Crippen LogP contribution in [0.25, 0.3) is 0 Å². The van der Waals surface area contributed by atoms with E-state index in [-0.39, 0.29) is 11.9 Å². The van der Waals surface area contributed by atoms with Gasteiger partial charge in [0.1, 0.15) is 5.69 Å². The first-order valence-electron chi connectivity index (χ1n) is 10.0. The highest BCUT2D eigenvalue weighted by atomic mass is 32.1. The molecule has 4 heterocycles. The lowest BCUT2D eigenvalue weighted by molar-refractivity contribution is -0.192. The number of likely N-dealkylation sites (tertiary alicyclic amines) is 1. The zero-order valence-electron chi connectivity index (χ0n) is 16.9. The number of aryl methyl sites for hydroxylation is 1. The highest BCUT2D eigenvalue weighted by molar-refractivity contribution is 7.09. The first-order valence-corrected chi connectivity index (χ1v) is 10.9. The lowest BCUT2D eigenvalue weighted by Crippen LogP contribution is -2.49. The Morgan fingerprint density at radius 2 is 1.97 bits per heavy atom. The standard InChI is InChI=1S/C18H22N4OS.C2HF3O2/c1-12-19-14(11-24-12)8-22-17-10-20(7-13-4-5-13)9-16(17)21-6-2-3-15(21)18(22)23;3-2(4,5)1(6)7/h2-3,6,11,13,16-17H,4-5,7-10H2,1H3;(H,6,7)/t16-,17+;/m0./s1. The van der Waals surface area contributed by atoms with E-state index in [1.165, 1.54) is 19.4 Å². The Balaban J connectivity index is 0.000000289. The van der Waals surface area contributed by atoms with E-state index in [4.69, 9.17) is 9.90 Å². The maximum atomic E-state index is 13.0. The molecule has 0 spiro atoms. The summed E-state index contributed by atoms with van der Waals surface area (Å²) in [5, 5.41) is 10.3. The second-order valence-corrected chi connectivity index (χ2v) is 9.25. The van der Waals surface area contributed by atoms with Crippen LogP contribution in [0.4, 0.5) is 13.2 Å². The maximum absolute atomic E-state index is 13.0. The molecule has 2 aromatic heterocycles. The summed E-state index contributed by atoms with van der Waals surface area (Å²) in [6.45, 7) is 5.90. The van der Waals surface area contributed by atoms with Crippen molar-refractivity contribution in [3.63, 3.8) is 0 Å². The molecule has 0 unspecified atom stereocenters. The predicted molar refractivity (Wildman–Crippen MR) is 107 cm³/mol. The molecule has 2 atom stereocenters. The number of fused-ring (bicyclic) bond motifs is 3. The number of carboxylic acid groups (broad SMARTS) is 1. The van der Waals surface area contributed by atoms with Crippen molar-refractivity contribution in [3.05, 3.63) is 40.1 Å². The number of aliphatic carboxylic acids is 1. The molecule has 31 heavy (non-hydrogen) atoms. The summed E-state index contributed by atoms with van der Waals surface area (Å²) in [5.41, 5.74) is 1.85. The first-order chi connectivity index (χ1) is 14.6. The van der Waals surface area contributed by atoms with Crippen LogP contribution in [-0.4, -0.2) is 68.2 Å². The number of carbonyl (C=O) groups excluding carboxylic acids is 1. The van der Waals surface area contributed by atoms with E-state index >= 15 is 0 Å². The highest BCUT2D eigenvalue weighted by Crippen LogP contribution is 2.37. The van der Waals surface area contributed by atoms with Crippen LogP contribution in [0.15, 0.2) is 23.7 Å². The minimum Gasteiger partial charge on any atom is -0.475 e. The van der Waals surface area contributed by atoms with E-state index < -0.39 is 12.1 Å². The van der Waals surface area contributed by atoms with Gasteiger partial charge in [0.25, 0.3) is 5.91 Å². The molecule has 2 fully saturated rings. The molecule has 2 aliphatic heterocycles. The van der Waals surface area contributed by atoms with Gasteiger partial charge in [-0.2, -0.15) is 13.2 Å². The number of alkyl halides is 3. The van der Waals surface area contributed by atoms with Crippen LogP contribution in [0.3, 0.4) is 0 Å². The van der Waals surface area contributed by atoms with Gasteiger partial charge in [-0.05, 0) is 37.8 Å². The summed E-state index contributed by atoms with van der Waals surface area (Å²) in [6.07, 6.45) is -0.251. The second-order valence-electron chi connectivity index (χ2n) is 8.19. The van der Waals surface area contributed by atoms with E-state index in [9.17, 15) is 18.0 Å². The molecule has 0 radical (unpaired) electrons. The Hall–Kier alpha value is -2.40. The number of carboxylic acids is 1. The lowest BCUT2D eigenvalue weighted by atomic mass is 10.1. The molecule has 2 aromatic rings. The topological polar surface area (TPSA) is 78.7 Å². The fourth-order valence-corrected chi connectivity index (χ4v) is 4.85. The number of rotatable bonds is 4. The van der Waals surface area contributed by atoms with Crippen LogP contribution >= 0.6 is 11.3 Å². The Kier molecular flexibility index (Phi) is 5.82.